The molecule has 1 atom stereocenters. The van der Waals surface area contributed by atoms with E-state index in [4.69, 9.17) is 16.7 Å². The maximum Gasteiger partial charge on any atom is 0.303 e. The molecule has 1 saturated heterocycles. The number of ketones is 1. The molecule has 1 aliphatic rings. The maximum absolute atomic E-state index is 12.8. The lowest BCUT2D eigenvalue weighted by molar-refractivity contribution is -0.384. The van der Waals surface area contributed by atoms with Gasteiger partial charge in [0.1, 0.15) is 5.76 Å². The van der Waals surface area contributed by atoms with E-state index in [9.17, 15) is 29.6 Å². The third-order valence-electron chi connectivity index (χ3n) is 4.87. The number of carboxylic acid groups (broad SMARTS) is 1. The Balaban J connectivity index is 2.08. The topological polar surface area (TPSA) is 138 Å². The molecule has 10 heteroatoms. The van der Waals surface area contributed by atoms with Crippen LogP contribution in [-0.4, -0.2) is 44.2 Å². The number of hydrogen-bond donors (Lipinski definition) is 2. The molecular formula is C21H17ClN2O7. The number of hydrogen-bond acceptors (Lipinski definition) is 6. The van der Waals surface area contributed by atoms with Crippen molar-refractivity contribution in [2.45, 2.75) is 18.9 Å². The maximum atomic E-state index is 12.8. The predicted octanol–water partition coefficient (Wildman–Crippen LogP) is 3.53. The molecule has 0 saturated carbocycles. The molecule has 2 N–H and O–H groups in total. The number of carboxylic acids is 1. The number of aliphatic carboxylic acids is 1. The van der Waals surface area contributed by atoms with Crippen LogP contribution in [0.3, 0.4) is 0 Å². The lowest BCUT2D eigenvalue weighted by Crippen LogP contribution is -2.31. The Kier molecular flexibility index (Phi) is 6.36. The van der Waals surface area contributed by atoms with Crippen LogP contribution in [0.1, 0.15) is 30.0 Å². The van der Waals surface area contributed by atoms with Crippen molar-refractivity contribution in [3.8, 4) is 0 Å². The van der Waals surface area contributed by atoms with Crippen molar-refractivity contribution in [3.63, 3.8) is 0 Å². The number of likely N-dealkylation sites (tertiary alicyclic amines) is 1. The summed E-state index contributed by atoms with van der Waals surface area (Å²) in [6.07, 6.45) is -0.0806. The first-order valence-electron chi connectivity index (χ1n) is 9.21. The summed E-state index contributed by atoms with van der Waals surface area (Å²) in [6, 6.07) is 10.3. The summed E-state index contributed by atoms with van der Waals surface area (Å²) in [4.78, 5) is 47.8. The Morgan fingerprint density at radius 1 is 1.06 bits per heavy atom. The fraction of sp³-hybridized carbons (Fsp3) is 0.190. The molecule has 1 amide bonds. The van der Waals surface area contributed by atoms with Gasteiger partial charge in [0.25, 0.3) is 17.4 Å². The van der Waals surface area contributed by atoms with Gasteiger partial charge in [-0.2, -0.15) is 0 Å². The van der Waals surface area contributed by atoms with E-state index in [2.05, 4.69) is 0 Å². The number of aliphatic hydroxyl groups excluding tert-OH is 1. The molecule has 0 unspecified atom stereocenters. The normalized spacial score (nSPS) is 17.7. The molecule has 2 aromatic rings. The number of nitrogens with zero attached hydrogens (tertiary/aromatic N) is 2. The van der Waals surface area contributed by atoms with Crippen LogP contribution in [-0.2, 0) is 14.4 Å². The molecule has 0 aromatic heterocycles. The van der Waals surface area contributed by atoms with Gasteiger partial charge in [0, 0.05) is 35.7 Å². The van der Waals surface area contributed by atoms with Gasteiger partial charge >= 0.3 is 5.97 Å². The second kappa shape index (κ2) is 8.97. The molecule has 0 radical (unpaired) electrons. The average Bonchev–Trinajstić information content (AvgIpc) is 2.98. The molecule has 0 aliphatic carbocycles. The van der Waals surface area contributed by atoms with Crippen molar-refractivity contribution in [2.24, 2.45) is 0 Å². The first kappa shape index (κ1) is 22.0. The zero-order chi connectivity index (χ0) is 22.7. The Morgan fingerprint density at radius 2 is 1.68 bits per heavy atom. The second-order valence-electron chi connectivity index (χ2n) is 6.85. The number of amides is 1. The third-order valence-corrected chi connectivity index (χ3v) is 5.12. The van der Waals surface area contributed by atoms with Gasteiger partial charge in [0.15, 0.2) is 0 Å². The standard InChI is InChI=1S/C21H17ClN2O7/c22-14-7-3-12(4-8-14)18-17(19(27)13-5-9-15(10-6-13)24(30)31)20(28)21(29)23(18)11-1-2-16(25)26/h3-10,18,27H,1-2,11H2,(H,25,26)/b19-17+/t18-/m1/s1. The number of nitro benzene ring substituents is 1. The molecule has 1 fully saturated rings. The van der Waals surface area contributed by atoms with Gasteiger partial charge in [-0.05, 0) is 36.2 Å². The first-order chi connectivity index (χ1) is 14.7. The second-order valence-corrected chi connectivity index (χ2v) is 7.28. The number of non-ortho nitro benzene ring substituents is 1. The van der Waals surface area contributed by atoms with Gasteiger partial charge in [0.2, 0.25) is 0 Å². The lowest BCUT2D eigenvalue weighted by atomic mass is 9.95. The van der Waals surface area contributed by atoms with E-state index < -0.39 is 34.4 Å². The summed E-state index contributed by atoms with van der Waals surface area (Å²) in [5.74, 6) is -3.31. The third kappa shape index (κ3) is 4.56. The number of carbonyl (C=O) groups is 3. The highest BCUT2D eigenvalue weighted by Crippen LogP contribution is 2.40. The van der Waals surface area contributed by atoms with E-state index in [0.717, 1.165) is 0 Å². The fourth-order valence-corrected chi connectivity index (χ4v) is 3.53. The van der Waals surface area contributed by atoms with Gasteiger partial charge in [0.05, 0.1) is 16.5 Å². The predicted molar refractivity (Wildman–Crippen MR) is 110 cm³/mol. The van der Waals surface area contributed by atoms with Gasteiger partial charge in [-0.1, -0.05) is 23.7 Å². The van der Waals surface area contributed by atoms with Gasteiger partial charge in [-0.25, -0.2) is 0 Å². The number of carbonyl (C=O) groups excluding carboxylic acids is 2. The van der Waals surface area contributed by atoms with Crippen molar-refractivity contribution in [1.82, 2.24) is 4.90 Å². The van der Waals surface area contributed by atoms with Gasteiger partial charge in [-0.3, -0.25) is 24.5 Å². The van der Waals surface area contributed by atoms with Crippen LogP contribution in [0.5, 0.6) is 0 Å². The molecule has 1 aliphatic heterocycles. The summed E-state index contributed by atoms with van der Waals surface area (Å²) in [5.41, 5.74) is 0.256. The molecule has 9 nitrogen and oxygen atoms in total. The van der Waals surface area contributed by atoms with Crippen LogP contribution in [0.15, 0.2) is 54.1 Å². The van der Waals surface area contributed by atoms with E-state index >= 15 is 0 Å². The molecule has 160 valence electrons. The molecule has 31 heavy (non-hydrogen) atoms. The highest BCUT2D eigenvalue weighted by atomic mass is 35.5. The number of nitro groups is 1. The summed E-state index contributed by atoms with van der Waals surface area (Å²) in [5, 5.41) is 31.0. The fourth-order valence-electron chi connectivity index (χ4n) is 3.40. The molecule has 0 spiro atoms. The molecular weight excluding hydrogens is 428 g/mol. The first-order valence-corrected chi connectivity index (χ1v) is 9.59. The summed E-state index contributed by atoms with van der Waals surface area (Å²) in [6.45, 7) is -0.0127. The minimum absolute atomic E-state index is 0.0127. The van der Waals surface area contributed by atoms with Crippen LogP contribution in [0.25, 0.3) is 5.76 Å². The number of aliphatic hydroxyl groups is 1. The minimum atomic E-state index is -1.04. The van der Waals surface area contributed by atoms with Crippen LogP contribution >= 0.6 is 11.6 Å². The summed E-state index contributed by atoms with van der Waals surface area (Å²) >= 11 is 5.94. The zero-order valence-electron chi connectivity index (χ0n) is 16.0. The molecule has 3 rings (SSSR count). The van der Waals surface area contributed by atoms with E-state index in [1.807, 2.05) is 0 Å². The van der Waals surface area contributed by atoms with E-state index in [-0.39, 0.29) is 36.2 Å². The molecule has 1 heterocycles. The van der Waals surface area contributed by atoms with Crippen molar-refractivity contribution in [3.05, 3.63) is 80.4 Å². The van der Waals surface area contributed by atoms with Gasteiger partial charge in [-0.15, -0.1) is 0 Å². The lowest BCUT2D eigenvalue weighted by Gasteiger charge is -2.25. The Hall–Kier alpha value is -3.72. The van der Waals surface area contributed by atoms with E-state index in [1.54, 1.807) is 24.3 Å². The largest absolute Gasteiger partial charge is 0.507 e. The highest BCUT2D eigenvalue weighted by Gasteiger charge is 2.45. The van der Waals surface area contributed by atoms with Crippen molar-refractivity contribution in [1.29, 1.82) is 0 Å². The van der Waals surface area contributed by atoms with Crippen LogP contribution in [0.2, 0.25) is 5.02 Å². The smallest absolute Gasteiger partial charge is 0.303 e. The summed E-state index contributed by atoms with van der Waals surface area (Å²) < 4.78 is 0. The van der Waals surface area contributed by atoms with Crippen LogP contribution < -0.4 is 0 Å². The average molecular weight is 445 g/mol. The van der Waals surface area contributed by atoms with Crippen molar-refractivity contribution < 1.29 is 29.5 Å². The number of Topliss-reactive ketones (excluding diaryl/α,β-unsaturated/α-hetero) is 1. The molecule has 2 aromatic carbocycles. The van der Waals surface area contributed by atoms with Gasteiger partial charge < -0.3 is 15.1 Å². The van der Waals surface area contributed by atoms with E-state index in [0.29, 0.717) is 10.6 Å². The van der Waals surface area contributed by atoms with E-state index in [1.165, 1.54) is 29.2 Å². The monoisotopic (exact) mass is 444 g/mol. The van der Waals surface area contributed by atoms with Crippen molar-refractivity contribution in [2.75, 3.05) is 6.54 Å². The zero-order valence-corrected chi connectivity index (χ0v) is 16.8. The number of halogens is 1. The minimum Gasteiger partial charge on any atom is -0.507 e. The summed E-state index contributed by atoms with van der Waals surface area (Å²) in [7, 11) is 0. The van der Waals surface area contributed by atoms with Crippen molar-refractivity contribution >= 4 is 40.7 Å². The number of benzene rings is 2. The number of rotatable bonds is 7. The Labute approximate surface area is 181 Å². The van der Waals surface area contributed by atoms with Crippen LogP contribution in [0.4, 0.5) is 5.69 Å². The Bertz CT molecular complexity index is 1080. The molecule has 0 bridgehead atoms. The Morgan fingerprint density at radius 3 is 2.23 bits per heavy atom. The highest BCUT2D eigenvalue weighted by molar-refractivity contribution is 6.46. The quantitative estimate of drug-likeness (QED) is 0.219. The van der Waals surface area contributed by atoms with Crippen LogP contribution in [0, 0.1) is 10.1 Å². The SMILES string of the molecule is O=C(O)CCCN1C(=O)C(=O)/C(=C(/O)c2ccc([N+](=O)[O-])cc2)[C@H]1c1ccc(Cl)cc1.